The fourth-order valence-electron chi connectivity index (χ4n) is 1.43. The number of hydrogen-bond acceptors (Lipinski definition) is 5. The first-order chi connectivity index (χ1) is 9.19. The van der Waals surface area contributed by atoms with Crippen molar-refractivity contribution in [2.75, 3.05) is 0 Å². The topological polar surface area (TPSA) is 70.7 Å². The third-order valence-electron chi connectivity index (χ3n) is 2.51. The molecule has 0 fully saturated rings. The Morgan fingerprint density at radius 3 is 3.11 bits per heavy atom. The zero-order valence-corrected chi connectivity index (χ0v) is 12.5. The molecule has 0 aliphatic heterocycles. The van der Waals surface area contributed by atoms with Gasteiger partial charge in [-0.2, -0.15) is 0 Å². The van der Waals surface area contributed by atoms with E-state index in [1.54, 1.807) is 11.3 Å². The highest BCUT2D eigenvalue weighted by Gasteiger charge is 2.16. The van der Waals surface area contributed by atoms with E-state index in [1.165, 1.54) is 11.8 Å². The van der Waals surface area contributed by atoms with Crippen molar-refractivity contribution in [1.29, 1.82) is 0 Å². The van der Waals surface area contributed by atoms with Crippen LogP contribution in [0.15, 0.2) is 22.7 Å². The largest absolute Gasteiger partial charge is 0.350 e. The Balaban J connectivity index is 1.81. The molecule has 1 amide bonds. The highest BCUT2D eigenvalue weighted by molar-refractivity contribution is 8.00. The Morgan fingerprint density at radius 1 is 1.63 bits per heavy atom. The molecule has 2 heterocycles. The van der Waals surface area contributed by atoms with Crippen LogP contribution in [0, 0.1) is 0 Å². The van der Waals surface area contributed by atoms with Crippen molar-refractivity contribution in [3.63, 3.8) is 0 Å². The van der Waals surface area contributed by atoms with Gasteiger partial charge in [-0.05, 0) is 18.4 Å². The molecule has 2 N–H and O–H groups in total. The van der Waals surface area contributed by atoms with Gasteiger partial charge in [-0.1, -0.05) is 24.8 Å². The molecule has 1 atom stereocenters. The van der Waals surface area contributed by atoms with E-state index in [0.29, 0.717) is 11.7 Å². The maximum absolute atomic E-state index is 11.9. The molecule has 0 aliphatic rings. The summed E-state index contributed by atoms with van der Waals surface area (Å²) in [5, 5.41) is 12.2. The van der Waals surface area contributed by atoms with Gasteiger partial charge in [0, 0.05) is 11.3 Å². The zero-order chi connectivity index (χ0) is 13.7. The molecule has 0 bridgehead atoms. The maximum atomic E-state index is 11.9. The van der Waals surface area contributed by atoms with Gasteiger partial charge < -0.3 is 5.32 Å². The summed E-state index contributed by atoms with van der Waals surface area (Å²) in [5.74, 6) is 0.843. The summed E-state index contributed by atoms with van der Waals surface area (Å²) in [6.07, 6.45) is 0.812. The van der Waals surface area contributed by atoms with E-state index in [-0.39, 0.29) is 11.2 Å². The Kier molecular flexibility index (Phi) is 4.98. The Labute approximate surface area is 120 Å². The molecular formula is C12H16N4OS2. The molecule has 2 aromatic rings. The van der Waals surface area contributed by atoms with Crippen LogP contribution in [0.3, 0.4) is 0 Å². The van der Waals surface area contributed by atoms with Gasteiger partial charge in [0.2, 0.25) is 11.1 Å². The lowest BCUT2D eigenvalue weighted by Crippen LogP contribution is -2.30. The summed E-state index contributed by atoms with van der Waals surface area (Å²) in [6, 6.07) is 3.98. The summed E-state index contributed by atoms with van der Waals surface area (Å²) >= 11 is 3.00. The summed E-state index contributed by atoms with van der Waals surface area (Å²) in [6.45, 7) is 4.44. The van der Waals surface area contributed by atoms with Crippen LogP contribution >= 0.6 is 23.1 Å². The van der Waals surface area contributed by atoms with Gasteiger partial charge in [0.1, 0.15) is 5.82 Å². The molecule has 1 unspecified atom stereocenters. The number of aryl methyl sites for hydroxylation is 1. The van der Waals surface area contributed by atoms with Crippen molar-refractivity contribution >= 4 is 29.0 Å². The number of carbonyl (C=O) groups excluding carboxylic acids is 1. The first kappa shape index (κ1) is 14.1. The molecule has 0 saturated carbocycles. The first-order valence-corrected chi connectivity index (χ1v) is 7.83. The number of thiophene rings is 1. The first-order valence-electron chi connectivity index (χ1n) is 6.07. The van der Waals surface area contributed by atoms with Crippen molar-refractivity contribution < 1.29 is 4.79 Å². The summed E-state index contributed by atoms with van der Waals surface area (Å²) < 4.78 is 0. The Morgan fingerprint density at radius 2 is 2.47 bits per heavy atom. The van der Waals surface area contributed by atoms with Gasteiger partial charge in [0.15, 0.2) is 0 Å². The fraction of sp³-hybridized carbons (Fsp3) is 0.417. The molecule has 2 rings (SSSR count). The number of hydrogen-bond donors (Lipinski definition) is 2. The lowest BCUT2D eigenvalue weighted by molar-refractivity contribution is -0.120. The van der Waals surface area contributed by atoms with E-state index >= 15 is 0 Å². The molecule has 2 aromatic heterocycles. The van der Waals surface area contributed by atoms with Crippen LogP contribution in [-0.4, -0.2) is 26.3 Å². The third kappa shape index (κ3) is 4.07. The standard InChI is InChI=1S/C12H16N4OS2/c1-3-10-14-12(16-15-10)19-8(2)11(17)13-7-9-5-4-6-18-9/h4-6,8H,3,7H2,1-2H3,(H,13,17)(H,14,15,16). The SMILES string of the molecule is CCc1nc(SC(C)C(=O)NCc2cccs2)n[nH]1. The second kappa shape index (κ2) is 6.72. The van der Waals surface area contributed by atoms with Crippen molar-refractivity contribution in [2.24, 2.45) is 0 Å². The molecule has 0 radical (unpaired) electrons. The van der Waals surface area contributed by atoms with Crippen LogP contribution in [0.25, 0.3) is 0 Å². The number of aromatic nitrogens is 3. The average molecular weight is 296 g/mol. The number of H-pyrrole nitrogens is 1. The van der Waals surface area contributed by atoms with Gasteiger partial charge in [-0.3, -0.25) is 9.89 Å². The Bertz CT molecular complexity index is 524. The molecule has 0 aromatic carbocycles. The van der Waals surface area contributed by atoms with Gasteiger partial charge in [-0.25, -0.2) is 4.98 Å². The van der Waals surface area contributed by atoms with E-state index in [1.807, 2.05) is 31.4 Å². The molecule has 102 valence electrons. The van der Waals surface area contributed by atoms with Crippen LogP contribution in [0.4, 0.5) is 0 Å². The number of nitrogens with one attached hydrogen (secondary N) is 2. The maximum Gasteiger partial charge on any atom is 0.233 e. The number of carbonyl (C=O) groups is 1. The predicted octanol–water partition coefficient (Wildman–Crippen LogP) is 2.23. The molecule has 0 aliphatic carbocycles. The van der Waals surface area contributed by atoms with E-state index in [4.69, 9.17) is 0 Å². The smallest absolute Gasteiger partial charge is 0.233 e. The van der Waals surface area contributed by atoms with Gasteiger partial charge in [-0.15, -0.1) is 16.4 Å². The lowest BCUT2D eigenvalue weighted by Gasteiger charge is -2.09. The van der Waals surface area contributed by atoms with Crippen molar-refractivity contribution in [1.82, 2.24) is 20.5 Å². The molecule has 7 heteroatoms. The number of aromatic amines is 1. The lowest BCUT2D eigenvalue weighted by atomic mass is 10.4. The highest BCUT2D eigenvalue weighted by Crippen LogP contribution is 2.19. The van der Waals surface area contributed by atoms with E-state index < -0.39 is 0 Å². The van der Waals surface area contributed by atoms with Gasteiger partial charge in [0.05, 0.1) is 11.8 Å². The zero-order valence-electron chi connectivity index (χ0n) is 10.8. The summed E-state index contributed by atoms with van der Waals surface area (Å²) in [5.41, 5.74) is 0. The van der Waals surface area contributed by atoms with Crippen molar-refractivity contribution in [3.05, 3.63) is 28.2 Å². The van der Waals surface area contributed by atoms with Crippen LogP contribution < -0.4 is 5.32 Å². The number of amides is 1. The van der Waals surface area contributed by atoms with Gasteiger partial charge >= 0.3 is 0 Å². The van der Waals surface area contributed by atoms with Gasteiger partial charge in [0.25, 0.3) is 0 Å². The quantitative estimate of drug-likeness (QED) is 0.802. The number of nitrogens with zero attached hydrogens (tertiary/aromatic N) is 2. The minimum atomic E-state index is -0.208. The Hall–Kier alpha value is -1.34. The third-order valence-corrected chi connectivity index (χ3v) is 4.35. The second-order valence-corrected chi connectivity index (χ2v) is 6.32. The van der Waals surface area contributed by atoms with Crippen molar-refractivity contribution in [3.8, 4) is 0 Å². The monoisotopic (exact) mass is 296 g/mol. The predicted molar refractivity (Wildman–Crippen MR) is 77.2 cm³/mol. The molecular weight excluding hydrogens is 280 g/mol. The van der Waals surface area contributed by atoms with Crippen molar-refractivity contribution in [2.45, 2.75) is 37.2 Å². The van der Waals surface area contributed by atoms with Crippen LogP contribution in [0.2, 0.25) is 0 Å². The van der Waals surface area contributed by atoms with Crippen LogP contribution in [-0.2, 0) is 17.8 Å². The van der Waals surface area contributed by atoms with E-state index in [0.717, 1.165) is 17.1 Å². The fourth-order valence-corrected chi connectivity index (χ4v) is 2.84. The normalized spacial score (nSPS) is 12.3. The minimum Gasteiger partial charge on any atom is -0.350 e. The second-order valence-electron chi connectivity index (χ2n) is 3.98. The molecule has 19 heavy (non-hydrogen) atoms. The summed E-state index contributed by atoms with van der Waals surface area (Å²) in [7, 11) is 0. The molecule has 0 saturated heterocycles. The minimum absolute atomic E-state index is 0.00116. The summed E-state index contributed by atoms with van der Waals surface area (Å²) in [4.78, 5) is 17.4. The van der Waals surface area contributed by atoms with E-state index in [2.05, 4.69) is 20.5 Å². The number of thioether (sulfide) groups is 1. The van der Waals surface area contributed by atoms with Crippen LogP contribution in [0.1, 0.15) is 24.5 Å². The average Bonchev–Trinajstić information content (AvgIpc) is 3.06. The number of rotatable bonds is 6. The highest BCUT2D eigenvalue weighted by atomic mass is 32.2. The molecule has 0 spiro atoms. The molecule has 5 nitrogen and oxygen atoms in total. The van der Waals surface area contributed by atoms with E-state index in [9.17, 15) is 4.79 Å². The van der Waals surface area contributed by atoms with Crippen LogP contribution in [0.5, 0.6) is 0 Å².